The second kappa shape index (κ2) is 6.34. The lowest BCUT2D eigenvalue weighted by atomic mass is 10.1. The van der Waals surface area contributed by atoms with Crippen LogP contribution in [-0.2, 0) is 9.59 Å². The lowest BCUT2D eigenvalue weighted by Gasteiger charge is -2.34. The molecule has 1 fully saturated rings. The Morgan fingerprint density at radius 2 is 1.70 bits per heavy atom. The first-order valence-electron chi connectivity index (χ1n) is 6.55. The number of aliphatic carboxylic acids is 1. The van der Waals surface area contributed by atoms with Crippen LogP contribution in [0.3, 0.4) is 0 Å². The van der Waals surface area contributed by atoms with Gasteiger partial charge in [0.25, 0.3) is 5.78 Å². The number of likely N-dealkylation sites (N-methyl/N-ethyl adjacent to an activating group) is 1. The number of piperazine rings is 1. The van der Waals surface area contributed by atoms with Crippen molar-refractivity contribution in [2.75, 3.05) is 38.1 Å². The number of ketones is 1. The van der Waals surface area contributed by atoms with E-state index in [1.807, 2.05) is 24.3 Å². The molecule has 1 N–H and O–H groups in total. The van der Waals surface area contributed by atoms with Crippen LogP contribution in [0.25, 0.3) is 6.08 Å². The zero-order chi connectivity index (χ0) is 14.5. The third kappa shape index (κ3) is 3.68. The minimum Gasteiger partial charge on any atom is -0.475 e. The Balaban J connectivity index is 1.99. The molecular weight excluding hydrogens is 256 g/mol. The molecule has 5 nitrogen and oxygen atoms in total. The average Bonchev–Trinajstić information content (AvgIpc) is 2.46. The molecule has 0 bridgehead atoms. The predicted molar refractivity (Wildman–Crippen MR) is 77.8 cm³/mol. The van der Waals surface area contributed by atoms with Gasteiger partial charge in [0, 0.05) is 31.9 Å². The Bertz CT molecular complexity index is 514. The Kier molecular flexibility index (Phi) is 4.53. The van der Waals surface area contributed by atoms with Crippen molar-refractivity contribution in [1.29, 1.82) is 0 Å². The quantitative estimate of drug-likeness (QED) is 0.658. The maximum Gasteiger partial charge on any atom is 0.376 e. The fraction of sp³-hybridized carbons (Fsp3) is 0.333. The summed E-state index contributed by atoms with van der Waals surface area (Å²) in [5, 5.41) is 8.48. The standard InChI is InChI=1S/C15H18N2O3/c1-16-8-10-17(11-9-16)13-5-2-12(3-6-13)4-7-14(18)15(19)20/h2-7H,8-11H2,1H3,(H,19,20)/b7-4+. The van der Waals surface area contributed by atoms with E-state index in [0.717, 1.165) is 43.5 Å². The predicted octanol–water partition coefficient (Wildman–Crippen LogP) is 1.11. The molecule has 1 aromatic rings. The van der Waals surface area contributed by atoms with E-state index in [2.05, 4.69) is 16.8 Å². The summed E-state index contributed by atoms with van der Waals surface area (Å²) in [5.41, 5.74) is 1.97. The monoisotopic (exact) mass is 274 g/mol. The molecule has 1 heterocycles. The van der Waals surface area contributed by atoms with Crippen molar-refractivity contribution < 1.29 is 14.7 Å². The zero-order valence-corrected chi connectivity index (χ0v) is 11.5. The highest BCUT2D eigenvalue weighted by Crippen LogP contribution is 2.17. The molecule has 0 amide bonds. The highest BCUT2D eigenvalue weighted by atomic mass is 16.4. The molecule has 0 radical (unpaired) electrons. The van der Waals surface area contributed by atoms with Gasteiger partial charge in [0.2, 0.25) is 0 Å². The van der Waals surface area contributed by atoms with Crippen molar-refractivity contribution in [3.05, 3.63) is 35.9 Å². The normalized spacial score (nSPS) is 16.6. The number of nitrogens with zero attached hydrogens (tertiary/aromatic N) is 2. The third-order valence-corrected chi connectivity index (χ3v) is 3.40. The number of carbonyl (C=O) groups is 2. The summed E-state index contributed by atoms with van der Waals surface area (Å²) in [4.78, 5) is 26.0. The molecule has 2 rings (SSSR count). The number of carboxylic acid groups (broad SMARTS) is 1. The Hall–Kier alpha value is -2.14. The molecule has 0 aromatic heterocycles. The van der Waals surface area contributed by atoms with E-state index in [0.29, 0.717) is 0 Å². The van der Waals surface area contributed by atoms with Crippen LogP contribution in [0.4, 0.5) is 5.69 Å². The maximum absolute atomic E-state index is 11.0. The first-order valence-corrected chi connectivity index (χ1v) is 6.55. The number of benzene rings is 1. The summed E-state index contributed by atoms with van der Waals surface area (Å²) in [6, 6.07) is 7.77. The fourth-order valence-corrected chi connectivity index (χ4v) is 2.10. The van der Waals surface area contributed by atoms with Crippen LogP contribution in [0.5, 0.6) is 0 Å². The van der Waals surface area contributed by atoms with Crippen molar-refractivity contribution in [2.45, 2.75) is 0 Å². The summed E-state index contributed by atoms with van der Waals surface area (Å²) < 4.78 is 0. The van der Waals surface area contributed by atoms with Crippen LogP contribution in [0.1, 0.15) is 5.56 Å². The molecule has 1 aliphatic rings. The lowest BCUT2D eigenvalue weighted by Crippen LogP contribution is -2.44. The molecule has 0 aliphatic carbocycles. The minimum atomic E-state index is -1.43. The molecule has 1 aromatic carbocycles. The van der Waals surface area contributed by atoms with Gasteiger partial charge in [0.05, 0.1) is 0 Å². The van der Waals surface area contributed by atoms with Crippen LogP contribution < -0.4 is 4.90 Å². The molecule has 0 atom stereocenters. The smallest absolute Gasteiger partial charge is 0.376 e. The van der Waals surface area contributed by atoms with E-state index in [1.165, 1.54) is 6.08 Å². The number of carboxylic acids is 1. The van der Waals surface area contributed by atoms with Gasteiger partial charge >= 0.3 is 5.97 Å². The van der Waals surface area contributed by atoms with Gasteiger partial charge in [-0.15, -0.1) is 0 Å². The van der Waals surface area contributed by atoms with Gasteiger partial charge in [0.1, 0.15) is 0 Å². The Morgan fingerprint density at radius 3 is 2.25 bits per heavy atom. The average molecular weight is 274 g/mol. The molecule has 1 saturated heterocycles. The highest BCUT2D eigenvalue weighted by molar-refractivity contribution is 6.38. The van der Waals surface area contributed by atoms with Gasteiger partial charge < -0.3 is 14.9 Å². The van der Waals surface area contributed by atoms with Crippen molar-refractivity contribution in [2.24, 2.45) is 0 Å². The van der Waals surface area contributed by atoms with Crippen LogP contribution >= 0.6 is 0 Å². The minimum absolute atomic E-state index is 0.817. The Morgan fingerprint density at radius 1 is 1.10 bits per heavy atom. The van der Waals surface area contributed by atoms with Crippen LogP contribution in [0.15, 0.2) is 30.3 Å². The first kappa shape index (κ1) is 14.3. The van der Waals surface area contributed by atoms with E-state index in [4.69, 9.17) is 5.11 Å². The summed E-state index contributed by atoms with van der Waals surface area (Å²) in [5.74, 6) is -2.34. The molecule has 106 valence electrons. The largest absolute Gasteiger partial charge is 0.475 e. The number of rotatable bonds is 4. The van der Waals surface area contributed by atoms with Gasteiger partial charge in [-0.1, -0.05) is 18.2 Å². The van der Waals surface area contributed by atoms with Crippen LogP contribution in [-0.4, -0.2) is 55.0 Å². The lowest BCUT2D eigenvalue weighted by molar-refractivity contribution is -0.146. The number of hydrogen-bond acceptors (Lipinski definition) is 4. The molecule has 0 saturated carbocycles. The second-order valence-corrected chi connectivity index (χ2v) is 4.88. The van der Waals surface area contributed by atoms with Crippen LogP contribution in [0.2, 0.25) is 0 Å². The summed E-state index contributed by atoms with van der Waals surface area (Å²) in [6.07, 6.45) is 2.59. The fourth-order valence-electron chi connectivity index (χ4n) is 2.10. The van der Waals surface area contributed by atoms with Crippen molar-refractivity contribution in [1.82, 2.24) is 4.90 Å². The van der Waals surface area contributed by atoms with Crippen molar-refractivity contribution in [3.8, 4) is 0 Å². The highest BCUT2D eigenvalue weighted by Gasteiger charge is 2.13. The molecule has 0 unspecified atom stereocenters. The van der Waals surface area contributed by atoms with Crippen LogP contribution in [0, 0.1) is 0 Å². The van der Waals surface area contributed by atoms with E-state index in [9.17, 15) is 9.59 Å². The molecule has 5 heteroatoms. The second-order valence-electron chi connectivity index (χ2n) is 4.88. The third-order valence-electron chi connectivity index (χ3n) is 3.40. The van der Waals surface area contributed by atoms with Gasteiger partial charge in [-0.05, 0) is 30.8 Å². The molecule has 1 aliphatic heterocycles. The van der Waals surface area contributed by atoms with E-state index < -0.39 is 11.8 Å². The van der Waals surface area contributed by atoms with E-state index in [1.54, 1.807) is 0 Å². The SMILES string of the molecule is CN1CCN(c2ccc(/C=C/C(=O)C(=O)O)cc2)CC1. The topological polar surface area (TPSA) is 60.9 Å². The number of carbonyl (C=O) groups excluding carboxylic acids is 1. The Labute approximate surface area is 118 Å². The first-order chi connectivity index (χ1) is 9.56. The van der Waals surface area contributed by atoms with Gasteiger partial charge in [-0.3, -0.25) is 4.79 Å². The van der Waals surface area contributed by atoms with Crippen molar-refractivity contribution >= 4 is 23.5 Å². The zero-order valence-electron chi connectivity index (χ0n) is 11.5. The van der Waals surface area contributed by atoms with Gasteiger partial charge in [0.15, 0.2) is 0 Å². The molecule has 20 heavy (non-hydrogen) atoms. The summed E-state index contributed by atoms with van der Waals surface area (Å²) >= 11 is 0. The maximum atomic E-state index is 11.0. The van der Waals surface area contributed by atoms with Gasteiger partial charge in [-0.25, -0.2) is 4.79 Å². The van der Waals surface area contributed by atoms with E-state index in [-0.39, 0.29) is 0 Å². The molecule has 0 spiro atoms. The van der Waals surface area contributed by atoms with Gasteiger partial charge in [-0.2, -0.15) is 0 Å². The number of hydrogen-bond donors (Lipinski definition) is 1. The van der Waals surface area contributed by atoms with E-state index >= 15 is 0 Å². The van der Waals surface area contributed by atoms with Crippen molar-refractivity contribution in [3.63, 3.8) is 0 Å². The molecular formula is C15H18N2O3. The number of anilines is 1. The summed E-state index contributed by atoms with van der Waals surface area (Å²) in [6.45, 7) is 4.11. The summed E-state index contributed by atoms with van der Waals surface area (Å²) in [7, 11) is 2.12.